The number of hydrogen-bond acceptors (Lipinski definition) is 1. The van der Waals surface area contributed by atoms with Gasteiger partial charge in [0.25, 0.3) is 0 Å². The summed E-state index contributed by atoms with van der Waals surface area (Å²) in [6, 6.07) is 21.1. The molecular formula is C20H18N2. The van der Waals surface area contributed by atoms with Crippen molar-refractivity contribution >= 4 is 27.5 Å². The molecule has 1 aromatic heterocycles. The number of anilines is 1. The predicted molar refractivity (Wildman–Crippen MR) is 94.7 cm³/mol. The van der Waals surface area contributed by atoms with E-state index in [0.717, 1.165) is 5.69 Å². The molecule has 0 aliphatic carbocycles. The highest BCUT2D eigenvalue weighted by Gasteiger charge is 2.14. The molecule has 0 saturated carbocycles. The van der Waals surface area contributed by atoms with Gasteiger partial charge in [-0.25, -0.2) is 0 Å². The first-order valence-corrected chi connectivity index (χ1v) is 7.52. The van der Waals surface area contributed by atoms with Crippen molar-refractivity contribution in [2.24, 2.45) is 0 Å². The maximum atomic E-state index is 6.06. The maximum absolute atomic E-state index is 6.06. The van der Waals surface area contributed by atoms with Gasteiger partial charge in [0, 0.05) is 16.5 Å². The van der Waals surface area contributed by atoms with Gasteiger partial charge >= 0.3 is 0 Å². The molecule has 0 atom stereocenters. The fourth-order valence-corrected chi connectivity index (χ4v) is 3.39. The molecule has 108 valence electrons. The van der Waals surface area contributed by atoms with Gasteiger partial charge in [-0.3, -0.25) is 0 Å². The number of benzene rings is 3. The van der Waals surface area contributed by atoms with Gasteiger partial charge in [0.15, 0.2) is 0 Å². The average molecular weight is 286 g/mol. The summed E-state index contributed by atoms with van der Waals surface area (Å²) in [4.78, 5) is 0. The van der Waals surface area contributed by atoms with Crippen LogP contribution in [0, 0.1) is 13.8 Å². The third kappa shape index (κ3) is 1.74. The minimum atomic E-state index is 0.794. The molecule has 0 fully saturated rings. The molecule has 3 aromatic carbocycles. The number of nitrogens with zero attached hydrogens (tertiary/aromatic N) is 1. The molecule has 0 saturated heterocycles. The largest absolute Gasteiger partial charge is 0.399 e. The maximum Gasteiger partial charge on any atom is 0.0561 e. The van der Waals surface area contributed by atoms with Crippen LogP contribution in [0.4, 0.5) is 5.69 Å². The van der Waals surface area contributed by atoms with E-state index in [9.17, 15) is 0 Å². The van der Waals surface area contributed by atoms with E-state index in [4.69, 9.17) is 5.73 Å². The van der Waals surface area contributed by atoms with Crippen LogP contribution >= 0.6 is 0 Å². The second-order valence-corrected chi connectivity index (χ2v) is 5.87. The first-order chi connectivity index (χ1) is 10.7. The summed E-state index contributed by atoms with van der Waals surface area (Å²) in [5, 5.41) is 2.51. The number of nitrogens with two attached hydrogens (primary N) is 1. The predicted octanol–water partition coefficient (Wildman–Crippen LogP) is 4.98. The van der Waals surface area contributed by atoms with Crippen molar-refractivity contribution in [3.63, 3.8) is 0 Å². The number of fused-ring (bicyclic) bond motifs is 3. The van der Waals surface area contributed by atoms with E-state index in [-0.39, 0.29) is 0 Å². The minimum Gasteiger partial charge on any atom is -0.399 e. The first kappa shape index (κ1) is 13.0. The zero-order valence-corrected chi connectivity index (χ0v) is 12.8. The minimum absolute atomic E-state index is 0.794. The zero-order valence-electron chi connectivity index (χ0n) is 12.8. The smallest absolute Gasteiger partial charge is 0.0561 e. The molecule has 4 rings (SSSR count). The third-order valence-corrected chi connectivity index (χ3v) is 4.36. The lowest BCUT2D eigenvalue weighted by atomic mass is 10.1. The SMILES string of the molecule is Cc1cccc(C)c1-n1c2ccccc2c2ccc(N)cc21. The first-order valence-electron chi connectivity index (χ1n) is 7.52. The molecule has 2 N–H and O–H groups in total. The van der Waals surface area contributed by atoms with E-state index in [1.165, 1.54) is 38.6 Å². The van der Waals surface area contributed by atoms with E-state index in [2.05, 4.69) is 73.0 Å². The van der Waals surface area contributed by atoms with Crippen molar-refractivity contribution < 1.29 is 0 Å². The zero-order chi connectivity index (χ0) is 15.3. The van der Waals surface area contributed by atoms with Crippen LogP contribution in [0.15, 0.2) is 60.7 Å². The molecule has 4 aromatic rings. The monoisotopic (exact) mass is 286 g/mol. The summed E-state index contributed by atoms with van der Waals surface area (Å²) in [6.07, 6.45) is 0. The summed E-state index contributed by atoms with van der Waals surface area (Å²) in [7, 11) is 0. The van der Waals surface area contributed by atoms with Gasteiger partial charge in [-0.05, 0) is 43.2 Å². The van der Waals surface area contributed by atoms with Gasteiger partial charge in [0.05, 0.1) is 16.7 Å². The average Bonchev–Trinajstić information content (AvgIpc) is 2.81. The molecule has 0 amide bonds. The Morgan fingerprint density at radius 2 is 1.41 bits per heavy atom. The van der Waals surface area contributed by atoms with Crippen molar-refractivity contribution in [1.82, 2.24) is 4.57 Å². The Kier molecular flexibility index (Phi) is 2.73. The Balaban J connectivity index is 2.27. The molecular weight excluding hydrogens is 268 g/mol. The summed E-state index contributed by atoms with van der Waals surface area (Å²) in [6.45, 7) is 4.32. The lowest BCUT2D eigenvalue weighted by Gasteiger charge is -2.14. The van der Waals surface area contributed by atoms with Gasteiger partial charge in [-0.1, -0.05) is 42.5 Å². The molecule has 0 spiro atoms. The summed E-state index contributed by atoms with van der Waals surface area (Å²) in [5.74, 6) is 0. The van der Waals surface area contributed by atoms with Crippen molar-refractivity contribution in [3.05, 3.63) is 71.8 Å². The van der Waals surface area contributed by atoms with E-state index >= 15 is 0 Å². The topological polar surface area (TPSA) is 30.9 Å². The van der Waals surface area contributed by atoms with Crippen LogP contribution < -0.4 is 5.73 Å². The number of nitrogen functional groups attached to an aromatic ring is 1. The third-order valence-electron chi connectivity index (χ3n) is 4.36. The van der Waals surface area contributed by atoms with Gasteiger partial charge in [0.2, 0.25) is 0 Å². The van der Waals surface area contributed by atoms with Crippen molar-refractivity contribution in [2.45, 2.75) is 13.8 Å². The van der Waals surface area contributed by atoms with Crippen LogP contribution in [0.25, 0.3) is 27.5 Å². The van der Waals surface area contributed by atoms with Gasteiger partial charge < -0.3 is 10.3 Å². The van der Waals surface area contributed by atoms with Crippen LogP contribution in [0.1, 0.15) is 11.1 Å². The Bertz CT molecular complexity index is 989. The molecule has 0 aliphatic rings. The molecule has 0 aliphatic heterocycles. The van der Waals surface area contributed by atoms with Crippen molar-refractivity contribution in [1.29, 1.82) is 0 Å². The van der Waals surface area contributed by atoms with E-state index < -0.39 is 0 Å². The highest BCUT2D eigenvalue weighted by molar-refractivity contribution is 6.10. The normalized spacial score (nSPS) is 11.4. The van der Waals surface area contributed by atoms with Gasteiger partial charge in [-0.15, -0.1) is 0 Å². The van der Waals surface area contributed by atoms with Crippen LogP contribution in [-0.2, 0) is 0 Å². The molecule has 22 heavy (non-hydrogen) atoms. The number of aromatic nitrogens is 1. The van der Waals surface area contributed by atoms with Crippen molar-refractivity contribution in [3.8, 4) is 5.69 Å². The highest BCUT2D eigenvalue weighted by atomic mass is 15.0. The Labute approximate surface area is 129 Å². The lowest BCUT2D eigenvalue weighted by Crippen LogP contribution is -2.00. The van der Waals surface area contributed by atoms with Crippen LogP contribution in [0.2, 0.25) is 0 Å². The number of aryl methyl sites for hydroxylation is 2. The number of hydrogen-bond donors (Lipinski definition) is 1. The Morgan fingerprint density at radius 1 is 0.727 bits per heavy atom. The van der Waals surface area contributed by atoms with Crippen LogP contribution in [0.3, 0.4) is 0 Å². The summed E-state index contributed by atoms with van der Waals surface area (Å²) < 4.78 is 2.34. The van der Waals surface area contributed by atoms with Crippen LogP contribution in [-0.4, -0.2) is 4.57 Å². The van der Waals surface area contributed by atoms with Gasteiger partial charge in [-0.2, -0.15) is 0 Å². The molecule has 0 unspecified atom stereocenters. The molecule has 2 nitrogen and oxygen atoms in total. The molecule has 2 heteroatoms. The van der Waals surface area contributed by atoms with Gasteiger partial charge in [0.1, 0.15) is 0 Å². The lowest BCUT2D eigenvalue weighted by molar-refractivity contribution is 1.12. The van der Waals surface area contributed by atoms with E-state index in [1.54, 1.807) is 0 Å². The van der Waals surface area contributed by atoms with E-state index in [1.807, 2.05) is 6.07 Å². The standard InChI is InChI=1S/C20H18N2/c1-13-6-5-7-14(2)20(13)22-18-9-4-3-8-16(18)17-11-10-15(21)12-19(17)22/h3-12H,21H2,1-2H3. The fraction of sp³-hybridized carbons (Fsp3) is 0.100. The van der Waals surface area contributed by atoms with E-state index in [0.29, 0.717) is 0 Å². The second-order valence-electron chi connectivity index (χ2n) is 5.87. The Hall–Kier alpha value is -2.74. The summed E-state index contributed by atoms with van der Waals surface area (Å²) in [5.41, 5.74) is 13.0. The quantitative estimate of drug-likeness (QED) is 0.491. The molecule has 0 radical (unpaired) electrons. The van der Waals surface area contributed by atoms with Crippen LogP contribution in [0.5, 0.6) is 0 Å². The molecule has 1 heterocycles. The highest BCUT2D eigenvalue weighted by Crippen LogP contribution is 2.34. The number of rotatable bonds is 1. The summed E-state index contributed by atoms with van der Waals surface area (Å²) >= 11 is 0. The fourth-order valence-electron chi connectivity index (χ4n) is 3.39. The molecule has 0 bridgehead atoms. The second kappa shape index (κ2) is 4.63. The van der Waals surface area contributed by atoms with Crippen molar-refractivity contribution in [2.75, 3.05) is 5.73 Å². The number of para-hydroxylation sites is 2. The Morgan fingerprint density at radius 3 is 2.18 bits per heavy atom.